The van der Waals surface area contributed by atoms with Crippen LogP contribution in [-0.4, -0.2) is 40.1 Å². The number of benzene rings is 2. The molecule has 0 aliphatic heterocycles. The van der Waals surface area contributed by atoms with E-state index >= 15 is 0 Å². The minimum absolute atomic E-state index is 0.0901. The number of sulfonamides is 1. The van der Waals surface area contributed by atoms with E-state index in [0.717, 1.165) is 12.3 Å². The number of fused-ring (bicyclic) bond motifs is 1. The molecule has 0 amide bonds. The predicted octanol–water partition coefficient (Wildman–Crippen LogP) is 5.41. The lowest BCUT2D eigenvalue weighted by atomic mass is 9.90. The first-order chi connectivity index (χ1) is 18.1. The van der Waals surface area contributed by atoms with Crippen LogP contribution in [-0.2, 0) is 23.5 Å². The van der Waals surface area contributed by atoms with Crippen molar-refractivity contribution in [2.45, 2.75) is 38.7 Å². The summed E-state index contributed by atoms with van der Waals surface area (Å²) in [4.78, 5) is 4.77. The van der Waals surface area contributed by atoms with Gasteiger partial charge in [-0.05, 0) is 62.1 Å². The van der Waals surface area contributed by atoms with Gasteiger partial charge in [-0.25, -0.2) is 22.2 Å². The molecule has 0 saturated heterocycles. The summed E-state index contributed by atoms with van der Waals surface area (Å²) >= 11 is 6.50. The monoisotopic (exact) mass is 572 g/mol. The lowest BCUT2D eigenvalue weighted by Crippen LogP contribution is -2.14. The molecule has 0 radical (unpaired) electrons. The first-order valence-electron chi connectivity index (χ1n) is 12.0. The van der Waals surface area contributed by atoms with E-state index in [1.807, 2.05) is 13.0 Å². The van der Waals surface area contributed by atoms with Gasteiger partial charge < -0.3 is 5.11 Å². The Morgan fingerprint density at radius 3 is 2.38 bits per heavy atom. The van der Waals surface area contributed by atoms with Crippen molar-refractivity contribution in [2.75, 3.05) is 11.0 Å². The quantitative estimate of drug-likeness (QED) is 0.301. The van der Waals surface area contributed by atoms with Gasteiger partial charge in [0, 0.05) is 30.2 Å². The molecule has 2 aromatic heterocycles. The Morgan fingerprint density at radius 2 is 1.77 bits per heavy atom. The van der Waals surface area contributed by atoms with Crippen molar-refractivity contribution in [3.8, 4) is 23.0 Å². The number of aliphatic hydroxyl groups is 1. The molecular formula is C28H27ClF2N4O3S. The predicted molar refractivity (Wildman–Crippen MR) is 149 cm³/mol. The molecule has 0 aliphatic rings. The van der Waals surface area contributed by atoms with Crippen molar-refractivity contribution < 1.29 is 22.3 Å². The van der Waals surface area contributed by atoms with E-state index in [-0.39, 0.29) is 18.2 Å². The molecule has 39 heavy (non-hydrogen) atoms. The van der Waals surface area contributed by atoms with Crippen molar-refractivity contribution in [1.29, 1.82) is 0 Å². The number of aromatic nitrogens is 3. The Balaban J connectivity index is 1.93. The van der Waals surface area contributed by atoms with Crippen LogP contribution in [0, 0.1) is 23.5 Å². The number of nitrogens with zero attached hydrogens (tertiary/aromatic N) is 3. The van der Waals surface area contributed by atoms with Gasteiger partial charge in [0.1, 0.15) is 22.9 Å². The Bertz CT molecular complexity index is 1730. The van der Waals surface area contributed by atoms with Crippen molar-refractivity contribution in [3.63, 3.8) is 0 Å². The minimum atomic E-state index is -3.63. The fourth-order valence-electron chi connectivity index (χ4n) is 4.39. The molecule has 4 rings (SSSR count). The summed E-state index contributed by atoms with van der Waals surface area (Å²) in [6.45, 7) is 5.01. The van der Waals surface area contributed by atoms with Crippen LogP contribution in [0.4, 0.5) is 14.6 Å². The van der Waals surface area contributed by atoms with Gasteiger partial charge in [-0.1, -0.05) is 30.5 Å². The van der Waals surface area contributed by atoms with Crippen LogP contribution in [0.5, 0.6) is 0 Å². The fourth-order valence-corrected chi connectivity index (χ4v) is 5.12. The van der Waals surface area contributed by atoms with Crippen LogP contribution in [0.2, 0.25) is 5.02 Å². The van der Waals surface area contributed by atoms with Gasteiger partial charge in [-0.2, -0.15) is 5.10 Å². The lowest BCUT2D eigenvalue weighted by Gasteiger charge is -2.18. The van der Waals surface area contributed by atoms with E-state index in [4.69, 9.17) is 16.6 Å². The number of anilines is 1. The highest BCUT2D eigenvalue weighted by atomic mass is 35.5. The molecule has 2 N–H and O–H groups in total. The maximum atomic E-state index is 13.9. The summed E-state index contributed by atoms with van der Waals surface area (Å²) in [7, 11) is -1.96. The molecule has 11 heteroatoms. The van der Waals surface area contributed by atoms with E-state index < -0.39 is 27.3 Å². The lowest BCUT2D eigenvalue weighted by molar-refractivity contribution is 0.143. The zero-order valence-electron chi connectivity index (χ0n) is 22.0. The van der Waals surface area contributed by atoms with Crippen LogP contribution < -0.4 is 4.72 Å². The second-order valence-corrected chi connectivity index (χ2v) is 12.1. The van der Waals surface area contributed by atoms with Gasteiger partial charge in [-0.3, -0.25) is 9.40 Å². The molecular weight excluding hydrogens is 546 g/mol. The van der Waals surface area contributed by atoms with Crippen LogP contribution in [0.1, 0.15) is 43.6 Å². The first kappa shape index (κ1) is 28.5. The highest BCUT2D eigenvalue weighted by Crippen LogP contribution is 2.40. The number of pyridine rings is 1. The van der Waals surface area contributed by atoms with Gasteiger partial charge >= 0.3 is 0 Å². The number of hydrogen-bond donors (Lipinski definition) is 2. The van der Waals surface area contributed by atoms with Crippen molar-refractivity contribution >= 4 is 38.3 Å². The van der Waals surface area contributed by atoms with E-state index in [1.54, 1.807) is 39.1 Å². The number of rotatable bonds is 6. The smallest absolute Gasteiger partial charge is 0.231 e. The van der Waals surface area contributed by atoms with Gasteiger partial charge in [0.05, 0.1) is 27.9 Å². The third kappa shape index (κ3) is 6.74. The summed E-state index contributed by atoms with van der Waals surface area (Å²) in [6, 6.07) is 10.3. The van der Waals surface area contributed by atoms with E-state index in [1.165, 1.54) is 16.8 Å². The molecule has 0 spiro atoms. The van der Waals surface area contributed by atoms with Crippen LogP contribution >= 0.6 is 11.6 Å². The molecule has 1 atom stereocenters. The van der Waals surface area contributed by atoms with Gasteiger partial charge in [0.25, 0.3) is 0 Å². The molecule has 0 saturated carbocycles. The van der Waals surface area contributed by atoms with Gasteiger partial charge in [-0.15, -0.1) is 0 Å². The SMILES string of the molecule is C[C@@H](Cc1cc(F)cc(F)c1)c1nc(C#CC(C)(C)O)ccc1-c1ccc(Cl)c2c(NS(C)(=O)=O)nn(C)c12. The molecule has 0 bridgehead atoms. The summed E-state index contributed by atoms with van der Waals surface area (Å²) in [5, 5.41) is 15.1. The molecule has 4 aromatic rings. The average Bonchev–Trinajstić information content (AvgIpc) is 3.12. The van der Waals surface area contributed by atoms with E-state index in [9.17, 15) is 22.3 Å². The minimum Gasteiger partial charge on any atom is -0.378 e. The normalized spacial score (nSPS) is 12.7. The Morgan fingerprint density at radius 1 is 1.13 bits per heavy atom. The maximum absolute atomic E-state index is 13.9. The zero-order chi connectivity index (χ0) is 28.7. The molecule has 0 aliphatic carbocycles. The third-order valence-electron chi connectivity index (χ3n) is 5.86. The molecule has 0 fully saturated rings. The van der Waals surface area contributed by atoms with Crippen LogP contribution in [0.15, 0.2) is 42.5 Å². The molecule has 2 aromatic carbocycles. The molecule has 7 nitrogen and oxygen atoms in total. The molecule has 204 valence electrons. The highest BCUT2D eigenvalue weighted by molar-refractivity contribution is 7.92. The number of hydrogen-bond acceptors (Lipinski definition) is 5. The summed E-state index contributed by atoms with van der Waals surface area (Å²) in [6.07, 6.45) is 1.30. The van der Waals surface area contributed by atoms with Crippen LogP contribution in [0.25, 0.3) is 22.0 Å². The zero-order valence-corrected chi connectivity index (χ0v) is 23.5. The molecule has 2 heterocycles. The van der Waals surface area contributed by atoms with Crippen LogP contribution in [0.3, 0.4) is 0 Å². The van der Waals surface area contributed by atoms with Gasteiger partial charge in [0.15, 0.2) is 5.82 Å². The van der Waals surface area contributed by atoms with E-state index in [2.05, 4.69) is 21.7 Å². The summed E-state index contributed by atoms with van der Waals surface area (Å²) in [5.41, 5.74) is 2.15. The van der Waals surface area contributed by atoms with Crippen molar-refractivity contribution in [3.05, 3.63) is 76.1 Å². The van der Waals surface area contributed by atoms with Crippen molar-refractivity contribution in [2.24, 2.45) is 7.05 Å². The molecule has 0 unspecified atom stereocenters. The second kappa shape index (κ2) is 10.6. The topological polar surface area (TPSA) is 97.1 Å². The number of nitrogens with one attached hydrogen (secondary N) is 1. The van der Waals surface area contributed by atoms with E-state index in [0.29, 0.717) is 44.0 Å². The number of halogens is 3. The van der Waals surface area contributed by atoms with Gasteiger partial charge in [0.2, 0.25) is 10.0 Å². The third-order valence-corrected chi connectivity index (χ3v) is 6.74. The second-order valence-electron chi connectivity index (χ2n) is 9.99. The first-order valence-corrected chi connectivity index (χ1v) is 14.2. The number of aryl methyl sites for hydroxylation is 1. The average molecular weight is 573 g/mol. The Labute approximate surface area is 230 Å². The van der Waals surface area contributed by atoms with Crippen molar-refractivity contribution in [1.82, 2.24) is 14.8 Å². The fraction of sp³-hybridized carbons (Fsp3) is 0.286. The standard InChI is InChI=1S/C28H27ClF2N4O3S/c1-16(12-17-13-18(30)15-19(31)14-17)25-21(7-6-20(32-25)10-11-28(2,3)36)22-8-9-23(29)24-26(22)35(4)33-27(24)34-39(5,37)38/h6-9,13-16,36H,12H2,1-5H3,(H,33,34)/t16-/m0/s1. The largest absolute Gasteiger partial charge is 0.378 e. The highest BCUT2D eigenvalue weighted by Gasteiger charge is 2.23. The maximum Gasteiger partial charge on any atom is 0.231 e. The Hall–Kier alpha value is -3.52. The Kier molecular flexibility index (Phi) is 7.72. The summed E-state index contributed by atoms with van der Waals surface area (Å²) < 4.78 is 55.7. The summed E-state index contributed by atoms with van der Waals surface area (Å²) in [5.74, 6) is 4.05.